The van der Waals surface area contributed by atoms with Crippen LogP contribution >= 0.6 is 0 Å². The highest BCUT2D eigenvalue weighted by molar-refractivity contribution is 5.91. The van der Waals surface area contributed by atoms with E-state index in [1.807, 2.05) is 49.4 Å². The summed E-state index contributed by atoms with van der Waals surface area (Å²) >= 11 is 0. The van der Waals surface area contributed by atoms with Crippen molar-refractivity contribution in [3.8, 4) is 5.75 Å². The molecule has 2 aromatic carbocycles. The van der Waals surface area contributed by atoms with Crippen LogP contribution in [-0.2, 0) is 6.61 Å². The maximum atomic E-state index is 12.0. The van der Waals surface area contributed by atoms with Gasteiger partial charge in [0.15, 0.2) is 5.76 Å². The second kappa shape index (κ2) is 7.85. The predicted molar refractivity (Wildman–Crippen MR) is 95.6 cm³/mol. The van der Waals surface area contributed by atoms with Crippen molar-refractivity contribution in [1.82, 2.24) is 5.32 Å². The van der Waals surface area contributed by atoms with Gasteiger partial charge in [0.05, 0.1) is 0 Å². The number of fused-ring (bicyclic) bond motifs is 1. The van der Waals surface area contributed by atoms with Crippen LogP contribution in [-0.4, -0.2) is 23.7 Å². The molecule has 0 bridgehead atoms. The van der Waals surface area contributed by atoms with Crippen molar-refractivity contribution >= 4 is 16.7 Å². The van der Waals surface area contributed by atoms with Crippen LogP contribution in [0.5, 0.6) is 5.75 Å². The molecule has 1 amide bonds. The summed E-state index contributed by atoms with van der Waals surface area (Å²) in [4.78, 5) is 12.0. The molecule has 1 atom stereocenters. The SMILES string of the molecule is C[C@H](CCO)NC(=O)c1ccc(COc2ccc3ccccc3c2)o1. The third-order valence-corrected chi connectivity index (χ3v) is 3.93. The lowest BCUT2D eigenvalue weighted by Crippen LogP contribution is -2.32. The Kier molecular flexibility index (Phi) is 5.36. The molecule has 25 heavy (non-hydrogen) atoms. The predicted octanol–water partition coefficient (Wildman–Crippen LogP) is 3.51. The first kappa shape index (κ1) is 17.0. The van der Waals surface area contributed by atoms with Gasteiger partial charge in [-0.15, -0.1) is 0 Å². The van der Waals surface area contributed by atoms with E-state index in [1.165, 1.54) is 0 Å². The highest BCUT2D eigenvalue weighted by Gasteiger charge is 2.14. The number of hydrogen-bond donors (Lipinski definition) is 2. The average Bonchev–Trinajstić information content (AvgIpc) is 3.09. The minimum Gasteiger partial charge on any atom is -0.486 e. The number of benzene rings is 2. The quantitative estimate of drug-likeness (QED) is 0.691. The van der Waals surface area contributed by atoms with Gasteiger partial charge in [-0.3, -0.25) is 4.79 Å². The molecular formula is C20H21NO4. The molecule has 0 saturated carbocycles. The van der Waals surface area contributed by atoms with E-state index in [9.17, 15) is 4.79 Å². The first-order chi connectivity index (χ1) is 12.2. The third kappa shape index (κ3) is 4.39. The van der Waals surface area contributed by atoms with E-state index < -0.39 is 0 Å². The first-order valence-corrected chi connectivity index (χ1v) is 8.28. The number of carbonyl (C=O) groups excluding carboxylic acids is 1. The number of carbonyl (C=O) groups is 1. The summed E-state index contributed by atoms with van der Waals surface area (Å²) in [5, 5.41) is 13.9. The highest BCUT2D eigenvalue weighted by atomic mass is 16.5. The number of nitrogens with one attached hydrogen (secondary N) is 1. The molecule has 5 nitrogen and oxygen atoms in total. The lowest BCUT2D eigenvalue weighted by Gasteiger charge is -2.10. The van der Waals surface area contributed by atoms with Crippen LogP contribution in [0.1, 0.15) is 29.7 Å². The van der Waals surface area contributed by atoms with Crippen LogP contribution in [0.3, 0.4) is 0 Å². The minimum absolute atomic E-state index is 0.0322. The summed E-state index contributed by atoms with van der Waals surface area (Å²) in [6, 6.07) is 17.2. The molecule has 3 aromatic rings. The van der Waals surface area contributed by atoms with Gasteiger partial charge >= 0.3 is 0 Å². The second-order valence-electron chi connectivity index (χ2n) is 5.95. The van der Waals surface area contributed by atoms with Gasteiger partial charge in [-0.2, -0.15) is 0 Å². The first-order valence-electron chi connectivity index (χ1n) is 8.28. The summed E-state index contributed by atoms with van der Waals surface area (Å²) in [5.74, 6) is 1.27. The van der Waals surface area contributed by atoms with Crippen LogP contribution < -0.4 is 10.1 Å². The Hall–Kier alpha value is -2.79. The zero-order chi connectivity index (χ0) is 17.6. The number of ether oxygens (including phenoxy) is 1. The molecule has 1 aromatic heterocycles. The van der Waals surface area contributed by atoms with E-state index in [2.05, 4.69) is 5.32 Å². The monoisotopic (exact) mass is 339 g/mol. The van der Waals surface area contributed by atoms with Crippen molar-refractivity contribution < 1.29 is 19.1 Å². The van der Waals surface area contributed by atoms with E-state index in [4.69, 9.17) is 14.3 Å². The maximum Gasteiger partial charge on any atom is 0.287 e. The summed E-state index contributed by atoms with van der Waals surface area (Å²) < 4.78 is 11.3. The van der Waals surface area contributed by atoms with Gasteiger partial charge in [-0.05, 0) is 48.4 Å². The summed E-state index contributed by atoms with van der Waals surface area (Å²) in [5.41, 5.74) is 0. The van der Waals surface area contributed by atoms with E-state index in [0.29, 0.717) is 12.2 Å². The Bertz CT molecular complexity index is 856. The normalized spacial score (nSPS) is 12.1. The van der Waals surface area contributed by atoms with Crippen LogP contribution in [0, 0.1) is 0 Å². The Morgan fingerprint density at radius 2 is 1.96 bits per heavy atom. The summed E-state index contributed by atoms with van der Waals surface area (Å²) in [6.07, 6.45) is 0.504. The lowest BCUT2D eigenvalue weighted by atomic mass is 10.1. The molecular weight excluding hydrogens is 318 g/mol. The standard InChI is InChI=1S/C20H21NO4/c1-14(10-11-22)21-20(23)19-9-8-18(25-19)13-24-17-7-6-15-4-2-3-5-16(15)12-17/h2-9,12,14,22H,10-11,13H2,1H3,(H,21,23)/t14-/m1/s1. The van der Waals surface area contributed by atoms with Crippen molar-refractivity contribution in [2.75, 3.05) is 6.61 Å². The second-order valence-corrected chi connectivity index (χ2v) is 5.95. The topological polar surface area (TPSA) is 71.7 Å². The lowest BCUT2D eigenvalue weighted by molar-refractivity contribution is 0.0902. The van der Waals surface area contributed by atoms with Gasteiger partial charge in [0, 0.05) is 12.6 Å². The van der Waals surface area contributed by atoms with Gasteiger partial charge in [0.1, 0.15) is 18.1 Å². The molecule has 0 aliphatic rings. The smallest absolute Gasteiger partial charge is 0.287 e. The van der Waals surface area contributed by atoms with Crippen molar-refractivity contribution in [2.24, 2.45) is 0 Å². The molecule has 0 radical (unpaired) electrons. The molecule has 0 aliphatic carbocycles. The van der Waals surface area contributed by atoms with Crippen LogP contribution in [0.25, 0.3) is 10.8 Å². The maximum absolute atomic E-state index is 12.0. The number of amides is 1. The minimum atomic E-state index is -0.294. The summed E-state index contributed by atoms with van der Waals surface area (Å²) in [7, 11) is 0. The average molecular weight is 339 g/mol. The third-order valence-electron chi connectivity index (χ3n) is 3.93. The molecule has 5 heteroatoms. The number of rotatable bonds is 7. The van der Waals surface area contributed by atoms with Crippen molar-refractivity contribution in [2.45, 2.75) is 26.0 Å². The fourth-order valence-electron chi connectivity index (χ4n) is 2.55. The molecule has 0 aliphatic heterocycles. The highest BCUT2D eigenvalue weighted by Crippen LogP contribution is 2.21. The van der Waals surface area contributed by atoms with Crippen LogP contribution in [0.4, 0.5) is 0 Å². The van der Waals surface area contributed by atoms with E-state index in [0.717, 1.165) is 16.5 Å². The molecule has 130 valence electrons. The van der Waals surface area contributed by atoms with Crippen LogP contribution in [0.15, 0.2) is 59.0 Å². The number of aliphatic hydroxyl groups excluding tert-OH is 1. The van der Waals surface area contributed by atoms with Crippen LogP contribution in [0.2, 0.25) is 0 Å². The number of aliphatic hydroxyl groups is 1. The van der Waals surface area contributed by atoms with E-state index in [-0.39, 0.29) is 30.9 Å². The number of hydrogen-bond acceptors (Lipinski definition) is 4. The van der Waals surface area contributed by atoms with Crippen molar-refractivity contribution in [1.29, 1.82) is 0 Å². The molecule has 0 fully saturated rings. The van der Waals surface area contributed by atoms with Gasteiger partial charge in [0.25, 0.3) is 5.91 Å². The van der Waals surface area contributed by atoms with Gasteiger partial charge in [-0.25, -0.2) is 0 Å². The molecule has 0 spiro atoms. The fraction of sp³-hybridized carbons (Fsp3) is 0.250. The summed E-state index contributed by atoms with van der Waals surface area (Å²) in [6.45, 7) is 2.11. The fourth-order valence-corrected chi connectivity index (χ4v) is 2.55. The van der Waals surface area contributed by atoms with Crippen molar-refractivity contribution in [3.63, 3.8) is 0 Å². The van der Waals surface area contributed by atoms with Gasteiger partial charge in [-0.1, -0.05) is 30.3 Å². The molecule has 0 saturated heterocycles. The zero-order valence-electron chi connectivity index (χ0n) is 14.1. The van der Waals surface area contributed by atoms with Crippen molar-refractivity contribution in [3.05, 3.63) is 66.1 Å². The Balaban J connectivity index is 1.60. The Labute approximate surface area is 146 Å². The molecule has 1 heterocycles. The largest absolute Gasteiger partial charge is 0.486 e. The number of furan rings is 1. The molecule has 2 N–H and O–H groups in total. The van der Waals surface area contributed by atoms with Gasteiger partial charge in [0.2, 0.25) is 0 Å². The molecule has 0 unspecified atom stereocenters. The van der Waals surface area contributed by atoms with E-state index >= 15 is 0 Å². The Morgan fingerprint density at radius 3 is 2.76 bits per heavy atom. The zero-order valence-corrected chi connectivity index (χ0v) is 14.1. The Morgan fingerprint density at radius 1 is 1.16 bits per heavy atom. The molecule has 3 rings (SSSR count). The van der Waals surface area contributed by atoms with Gasteiger partial charge < -0.3 is 19.6 Å². The van der Waals surface area contributed by atoms with E-state index in [1.54, 1.807) is 12.1 Å².